The molecule has 2 aromatic rings. The Balaban J connectivity index is 1.68. The van der Waals surface area contributed by atoms with Crippen LogP contribution < -0.4 is 19.7 Å². The molecule has 0 spiro atoms. The number of amides is 1. The van der Waals surface area contributed by atoms with E-state index in [1.54, 1.807) is 18.2 Å². The third kappa shape index (κ3) is 3.97. The van der Waals surface area contributed by atoms with Gasteiger partial charge in [0.1, 0.15) is 13.2 Å². The summed E-state index contributed by atoms with van der Waals surface area (Å²) in [4.78, 5) is 14.4. The number of carbonyl (C=O) groups is 1. The molecule has 0 saturated heterocycles. The number of ether oxygens (including phenoxy) is 2. The minimum Gasteiger partial charge on any atom is -0.486 e. The number of sulfonamides is 1. The van der Waals surface area contributed by atoms with Crippen molar-refractivity contribution in [1.29, 1.82) is 0 Å². The zero-order valence-corrected chi connectivity index (χ0v) is 15.3. The molecule has 0 radical (unpaired) electrons. The average molecular weight is 376 g/mol. The van der Waals surface area contributed by atoms with Gasteiger partial charge < -0.3 is 9.47 Å². The molecule has 1 heterocycles. The summed E-state index contributed by atoms with van der Waals surface area (Å²) in [5, 5.41) is 0. The van der Waals surface area contributed by atoms with E-state index in [-0.39, 0.29) is 10.5 Å². The van der Waals surface area contributed by atoms with Gasteiger partial charge in [-0.3, -0.25) is 10.2 Å². The second-order valence-corrected chi connectivity index (χ2v) is 7.82. The first-order chi connectivity index (χ1) is 12.4. The lowest BCUT2D eigenvalue weighted by molar-refractivity contribution is 0.0944. The van der Waals surface area contributed by atoms with Crippen LogP contribution in [0.25, 0.3) is 0 Å². The maximum absolute atomic E-state index is 12.3. The molecule has 8 heteroatoms. The number of hydrazine groups is 1. The number of fused-ring (bicyclic) bond motifs is 1. The lowest BCUT2D eigenvalue weighted by atomic mass is 10.0. The molecule has 0 aliphatic carbocycles. The zero-order valence-electron chi connectivity index (χ0n) is 14.5. The van der Waals surface area contributed by atoms with Gasteiger partial charge in [0.15, 0.2) is 11.5 Å². The molecule has 2 aromatic carbocycles. The summed E-state index contributed by atoms with van der Waals surface area (Å²) >= 11 is 0. The van der Waals surface area contributed by atoms with Gasteiger partial charge in [0.2, 0.25) is 0 Å². The fraction of sp³-hybridized carbons (Fsp3) is 0.278. The number of rotatable bonds is 5. The number of nitrogens with one attached hydrogen (secondary N) is 2. The molecule has 1 amide bonds. The first-order valence-electron chi connectivity index (χ1n) is 8.18. The van der Waals surface area contributed by atoms with Crippen molar-refractivity contribution in [2.24, 2.45) is 0 Å². The summed E-state index contributed by atoms with van der Waals surface area (Å²) in [7, 11) is -3.86. The van der Waals surface area contributed by atoms with Crippen molar-refractivity contribution >= 4 is 15.9 Å². The highest BCUT2D eigenvalue weighted by molar-refractivity contribution is 7.89. The number of benzene rings is 2. The monoisotopic (exact) mass is 376 g/mol. The normalized spacial score (nSPS) is 13.5. The summed E-state index contributed by atoms with van der Waals surface area (Å²) in [5.74, 6) is 0.716. The lowest BCUT2D eigenvalue weighted by Crippen LogP contribution is -2.41. The van der Waals surface area contributed by atoms with Gasteiger partial charge >= 0.3 is 0 Å². The van der Waals surface area contributed by atoms with Crippen LogP contribution in [0.3, 0.4) is 0 Å². The highest BCUT2D eigenvalue weighted by Crippen LogP contribution is 2.30. The van der Waals surface area contributed by atoms with Gasteiger partial charge in [0.05, 0.1) is 4.90 Å². The zero-order chi connectivity index (χ0) is 18.7. The Hall–Kier alpha value is -2.58. The third-order valence-corrected chi connectivity index (χ3v) is 5.22. The summed E-state index contributed by atoms with van der Waals surface area (Å²) in [6.45, 7) is 4.90. The lowest BCUT2D eigenvalue weighted by Gasteiger charge is -2.18. The number of hydrogen-bond donors (Lipinski definition) is 2. The van der Waals surface area contributed by atoms with Gasteiger partial charge in [-0.25, -0.2) is 8.42 Å². The maximum Gasteiger partial charge on any atom is 0.266 e. The number of carbonyl (C=O) groups excluding carboxylic acids is 1. The van der Waals surface area contributed by atoms with Crippen molar-refractivity contribution in [3.63, 3.8) is 0 Å². The van der Waals surface area contributed by atoms with Crippen LogP contribution in [0.5, 0.6) is 11.5 Å². The summed E-state index contributed by atoms with van der Waals surface area (Å²) in [5.41, 5.74) is 3.50. The summed E-state index contributed by atoms with van der Waals surface area (Å²) in [6.07, 6.45) is 0. The minimum atomic E-state index is -3.86. The van der Waals surface area contributed by atoms with Gasteiger partial charge in [-0.05, 0) is 41.8 Å². The Morgan fingerprint density at radius 3 is 2.31 bits per heavy atom. The Kier molecular flexibility index (Phi) is 5.15. The molecular formula is C18H20N2O5S. The van der Waals surface area contributed by atoms with Crippen LogP contribution in [0, 0.1) is 0 Å². The van der Waals surface area contributed by atoms with Crippen molar-refractivity contribution in [3.8, 4) is 11.5 Å². The van der Waals surface area contributed by atoms with E-state index in [2.05, 4.69) is 10.3 Å². The van der Waals surface area contributed by atoms with Gasteiger partial charge in [0, 0.05) is 5.56 Å². The van der Waals surface area contributed by atoms with Gasteiger partial charge in [-0.15, -0.1) is 4.83 Å². The molecule has 0 saturated carbocycles. The predicted octanol–water partition coefficient (Wildman–Crippen LogP) is 2.20. The molecule has 3 rings (SSSR count). The Morgan fingerprint density at radius 1 is 1.00 bits per heavy atom. The van der Waals surface area contributed by atoms with Crippen LogP contribution in [-0.4, -0.2) is 27.5 Å². The van der Waals surface area contributed by atoms with Crippen LogP contribution in [0.2, 0.25) is 0 Å². The van der Waals surface area contributed by atoms with Crippen LogP contribution in [0.15, 0.2) is 47.4 Å². The van der Waals surface area contributed by atoms with Gasteiger partial charge in [-0.2, -0.15) is 0 Å². The molecule has 138 valence electrons. The number of hydrogen-bond acceptors (Lipinski definition) is 5. The quantitative estimate of drug-likeness (QED) is 0.781. The fourth-order valence-corrected chi connectivity index (χ4v) is 3.30. The Bertz CT molecular complexity index is 908. The molecule has 26 heavy (non-hydrogen) atoms. The SMILES string of the molecule is CC(C)c1ccc(S(=O)(=O)NNC(=O)c2ccc3c(c2)OCCO3)cc1. The molecule has 1 aliphatic rings. The molecule has 0 aromatic heterocycles. The van der Waals surface area contributed by atoms with E-state index in [0.29, 0.717) is 30.6 Å². The van der Waals surface area contributed by atoms with Crippen LogP contribution in [0.4, 0.5) is 0 Å². The molecule has 0 unspecified atom stereocenters. The maximum atomic E-state index is 12.3. The van der Waals surface area contributed by atoms with E-state index >= 15 is 0 Å². The van der Waals surface area contributed by atoms with Gasteiger partial charge in [-0.1, -0.05) is 26.0 Å². The van der Waals surface area contributed by atoms with E-state index in [0.717, 1.165) is 5.56 Å². The molecule has 1 aliphatic heterocycles. The fourth-order valence-electron chi connectivity index (χ4n) is 2.46. The van der Waals surface area contributed by atoms with Crippen molar-refractivity contribution in [2.75, 3.05) is 13.2 Å². The third-order valence-electron chi connectivity index (χ3n) is 3.96. The predicted molar refractivity (Wildman–Crippen MR) is 95.8 cm³/mol. The molecule has 0 fully saturated rings. The summed E-state index contributed by atoms with van der Waals surface area (Å²) in [6, 6.07) is 11.2. The molecular weight excluding hydrogens is 356 g/mol. The van der Waals surface area contributed by atoms with Crippen molar-refractivity contribution in [3.05, 3.63) is 53.6 Å². The van der Waals surface area contributed by atoms with E-state index in [9.17, 15) is 13.2 Å². The Labute approximate surface area is 152 Å². The van der Waals surface area contributed by atoms with Crippen LogP contribution in [-0.2, 0) is 10.0 Å². The Morgan fingerprint density at radius 2 is 1.65 bits per heavy atom. The van der Waals surface area contributed by atoms with Gasteiger partial charge in [0.25, 0.3) is 15.9 Å². The topological polar surface area (TPSA) is 93.7 Å². The van der Waals surface area contributed by atoms with E-state index < -0.39 is 15.9 Å². The summed E-state index contributed by atoms with van der Waals surface area (Å²) < 4.78 is 35.4. The molecule has 0 atom stereocenters. The second-order valence-electron chi connectivity index (χ2n) is 6.14. The molecule has 7 nitrogen and oxygen atoms in total. The van der Waals surface area contributed by atoms with Crippen LogP contribution >= 0.6 is 0 Å². The first kappa shape index (κ1) is 18.2. The van der Waals surface area contributed by atoms with Crippen molar-refractivity contribution in [1.82, 2.24) is 10.3 Å². The van der Waals surface area contributed by atoms with E-state index in [1.165, 1.54) is 24.3 Å². The molecule has 2 N–H and O–H groups in total. The average Bonchev–Trinajstić information content (AvgIpc) is 2.66. The van der Waals surface area contributed by atoms with Crippen molar-refractivity contribution < 1.29 is 22.7 Å². The van der Waals surface area contributed by atoms with Crippen molar-refractivity contribution in [2.45, 2.75) is 24.7 Å². The standard InChI is InChI=1S/C18H20N2O5S/c1-12(2)13-3-6-15(7-4-13)26(22,23)20-19-18(21)14-5-8-16-17(11-14)25-10-9-24-16/h3-8,11-12,20H,9-10H2,1-2H3,(H,19,21). The second kappa shape index (κ2) is 7.35. The highest BCUT2D eigenvalue weighted by Gasteiger charge is 2.18. The molecule has 0 bridgehead atoms. The van der Waals surface area contributed by atoms with E-state index in [1.807, 2.05) is 13.8 Å². The van der Waals surface area contributed by atoms with Crippen LogP contribution in [0.1, 0.15) is 35.7 Å². The largest absolute Gasteiger partial charge is 0.486 e. The van der Waals surface area contributed by atoms with E-state index in [4.69, 9.17) is 9.47 Å². The highest BCUT2D eigenvalue weighted by atomic mass is 32.2. The minimum absolute atomic E-state index is 0.0735. The smallest absolute Gasteiger partial charge is 0.266 e. The first-order valence-corrected chi connectivity index (χ1v) is 9.67.